The third kappa shape index (κ3) is 3.90. The smallest absolute Gasteiger partial charge is 0.274 e. The fraction of sp³-hybridized carbons (Fsp3) is 0.0833. The highest BCUT2D eigenvalue weighted by atomic mass is 32.1. The topological polar surface area (TPSA) is 96.0 Å². The average Bonchev–Trinajstić information content (AvgIpc) is 3.34. The van der Waals surface area contributed by atoms with Gasteiger partial charge in [0.15, 0.2) is 16.5 Å². The molecular weight excluding hydrogens is 442 g/mol. The number of aromatic nitrogens is 2. The molecule has 0 aliphatic rings. The SMILES string of the molecule is COc1cc(C=c2sc3nc4ccccc4n3c2=O)ccc1OCc1cccc([N+](=O)[O-])c1. The molecule has 5 rings (SSSR count). The molecule has 2 aromatic heterocycles. The van der Waals surface area contributed by atoms with Crippen molar-refractivity contribution in [1.29, 1.82) is 0 Å². The number of nitro groups is 1. The Morgan fingerprint density at radius 2 is 1.94 bits per heavy atom. The zero-order valence-corrected chi connectivity index (χ0v) is 18.2. The van der Waals surface area contributed by atoms with Gasteiger partial charge in [0.2, 0.25) is 0 Å². The maximum atomic E-state index is 13.0. The lowest BCUT2D eigenvalue weighted by Gasteiger charge is -2.11. The predicted octanol–water partition coefficient (Wildman–Crippen LogP) is 3.95. The van der Waals surface area contributed by atoms with Crippen LogP contribution >= 0.6 is 11.3 Å². The Bertz CT molecular complexity index is 1620. The first kappa shape index (κ1) is 20.7. The number of methoxy groups -OCH3 is 1. The molecule has 5 aromatic rings. The molecule has 33 heavy (non-hydrogen) atoms. The number of hydrogen-bond acceptors (Lipinski definition) is 7. The van der Waals surface area contributed by atoms with E-state index >= 15 is 0 Å². The Labute approximate surface area is 191 Å². The van der Waals surface area contributed by atoms with Gasteiger partial charge < -0.3 is 9.47 Å². The van der Waals surface area contributed by atoms with Crippen molar-refractivity contribution in [1.82, 2.24) is 9.38 Å². The van der Waals surface area contributed by atoms with E-state index < -0.39 is 4.92 Å². The van der Waals surface area contributed by atoms with E-state index in [-0.39, 0.29) is 17.9 Å². The summed E-state index contributed by atoms with van der Waals surface area (Å²) in [5, 5.41) is 11.0. The second-order valence-electron chi connectivity index (χ2n) is 7.26. The van der Waals surface area contributed by atoms with Crippen LogP contribution in [0, 0.1) is 10.1 Å². The van der Waals surface area contributed by atoms with Crippen LogP contribution in [0.1, 0.15) is 11.1 Å². The summed E-state index contributed by atoms with van der Waals surface area (Å²) in [7, 11) is 1.53. The number of thiazole rings is 1. The number of ether oxygens (including phenoxy) is 2. The molecule has 0 aliphatic carbocycles. The molecule has 0 saturated heterocycles. The highest BCUT2D eigenvalue weighted by molar-refractivity contribution is 7.15. The van der Waals surface area contributed by atoms with Crippen LogP contribution in [-0.4, -0.2) is 21.4 Å². The quantitative estimate of drug-likeness (QED) is 0.282. The zero-order chi connectivity index (χ0) is 22.9. The second kappa shape index (κ2) is 8.36. The number of imidazole rings is 1. The molecule has 164 valence electrons. The van der Waals surface area contributed by atoms with E-state index in [4.69, 9.17) is 9.47 Å². The first-order valence-corrected chi connectivity index (χ1v) is 10.8. The molecule has 0 bridgehead atoms. The van der Waals surface area contributed by atoms with E-state index in [9.17, 15) is 14.9 Å². The normalized spacial score (nSPS) is 11.8. The lowest BCUT2D eigenvalue weighted by molar-refractivity contribution is -0.384. The standard InChI is InChI=1S/C24H17N3O5S/c1-31-21-12-15(9-10-20(21)32-14-16-5-4-6-17(11-16)27(29)30)13-22-23(28)26-19-8-3-2-7-18(19)25-24(26)33-22/h2-13H,14H2,1H3. The van der Waals surface area contributed by atoms with Crippen molar-refractivity contribution in [2.75, 3.05) is 7.11 Å². The van der Waals surface area contributed by atoms with Crippen molar-refractivity contribution in [3.8, 4) is 11.5 Å². The maximum Gasteiger partial charge on any atom is 0.274 e. The van der Waals surface area contributed by atoms with Crippen molar-refractivity contribution in [3.63, 3.8) is 0 Å². The minimum atomic E-state index is -0.441. The molecule has 2 heterocycles. The van der Waals surface area contributed by atoms with E-state index in [0.717, 1.165) is 16.6 Å². The minimum Gasteiger partial charge on any atom is -0.493 e. The van der Waals surface area contributed by atoms with Gasteiger partial charge in [0.25, 0.3) is 11.2 Å². The molecule has 9 heteroatoms. The first-order chi connectivity index (χ1) is 16.0. The predicted molar refractivity (Wildman–Crippen MR) is 126 cm³/mol. The lowest BCUT2D eigenvalue weighted by Crippen LogP contribution is -2.22. The Hall–Kier alpha value is -4.24. The number of rotatable bonds is 6. The first-order valence-electron chi connectivity index (χ1n) is 9.99. The highest BCUT2D eigenvalue weighted by Gasteiger charge is 2.12. The van der Waals surface area contributed by atoms with Crippen LogP contribution in [0.4, 0.5) is 5.69 Å². The number of benzene rings is 3. The third-order valence-corrected chi connectivity index (χ3v) is 6.12. The molecule has 3 aromatic carbocycles. The van der Waals surface area contributed by atoms with Crippen LogP contribution in [0.15, 0.2) is 71.5 Å². The van der Waals surface area contributed by atoms with Crippen LogP contribution in [0.5, 0.6) is 11.5 Å². The summed E-state index contributed by atoms with van der Waals surface area (Å²) in [6, 6.07) is 19.2. The van der Waals surface area contributed by atoms with Gasteiger partial charge in [-0.1, -0.05) is 41.7 Å². The Kier molecular flexibility index (Phi) is 5.23. The van der Waals surface area contributed by atoms with Crippen LogP contribution in [0.3, 0.4) is 0 Å². The van der Waals surface area contributed by atoms with Crippen LogP contribution in [0.2, 0.25) is 0 Å². The lowest BCUT2D eigenvalue weighted by atomic mass is 10.2. The fourth-order valence-corrected chi connectivity index (χ4v) is 4.56. The number of para-hydroxylation sites is 2. The van der Waals surface area contributed by atoms with Gasteiger partial charge in [-0.05, 0) is 41.5 Å². The summed E-state index contributed by atoms with van der Waals surface area (Å²) in [6.45, 7) is 0.154. The van der Waals surface area contributed by atoms with E-state index in [1.54, 1.807) is 34.7 Å². The minimum absolute atomic E-state index is 0.0107. The van der Waals surface area contributed by atoms with Gasteiger partial charge in [-0.3, -0.25) is 14.9 Å². The van der Waals surface area contributed by atoms with Gasteiger partial charge in [-0.2, -0.15) is 0 Å². The fourth-order valence-electron chi connectivity index (χ4n) is 3.58. The molecule has 0 aliphatic heterocycles. The number of nitro benzene ring substituents is 1. The number of hydrogen-bond donors (Lipinski definition) is 0. The summed E-state index contributed by atoms with van der Waals surface area (Å²) >= 11 is 1.33. The largest absolute Gasteiger partial charge is 0.493 e. The number of non-ortho nitro benzene ring substituents is 1. The molecule has 0 radical (unpaired) electrons. The van der Waals surface area contributed by atoms with Crippen molar-refractivity contribution in [2.24, 2.45) is 0 Å². The van der Waals surface area contributed by atoms with Gasteiger partial charge in [-0.15, -0.1) is 0 Å². The molecule has 8 nitrogen and oxygen atoms in total. The molecule has 0 unspecified atom stereocenters. The van der Waals surface area contributed by atoms with E-state index in [1.165, 1.54) is 30.6 Å². The van der Waals surface area contributed by atoms with Crippen molar-refractivity contribution >= 4 is 39.1 Å². The Morgan fingerprint density at radius 3 is 2.76 bits per heavy atom. The van der Waals surface area contributed by atoms with Crippen molar-refractivity contribution in [3.05, 3.63) is 103 Å². The molecule has 0 saturated carbocycles. The van der Waals surface area contributed by atoms with Gasteiger partial charge >= 0.3 is 0 Å². The summed E-state index contributed by atoms with van der Waals surface area (Å²) in [5.74, 6) is 0.990. The molecule has 0 fully saturated rings. The zero-order valence-electron chi connectivity index (χ0n) is 17.4. The summed E-state index contributed by atoms with van der Waals surface area (Å²) in [4.78, 5) is 28.7. The van der Waals surface area contributed by atoms with Crippen molar-refractivity contribution in [2.45, 2.75) is 6.61 Å². The van der Waals surface area contributed by atoms with E-state index in [2.05, 4.69) is 4.98 Å². The molecule has 0 N–H and O–H groups in total. The van der Waals surface area contributed by atoms with E-state index in [0.29, 0.717) is 26.6 Å². The Morgan fingerprint density at radius 1 is 1.09 bits per heavy atom. The van der Waals surface area contributed by atoms with Crippen LogP contribution in [0.25, 0.3) is 22.1 Å². The molecule has 0 spiro atoms. The van der Waals surface area contributed by atoms with Gasteiger partial charge in [0, 0.05) is 12.1 Å². The summed E-state index contributed by atoms with van der Waals surface area (Å²) in [6.07, 6.45) is 1.79. The monoisotopic (exact) mass is 459 g/mol. The summed E-state index contributed by atoms with van der Waals surface area (Å²) in [5.41, 5.74) is 2.92. The Balaban J connectivity index is 1.44. The number of nitrogens with zero attached hydrogens (tertiary/aromatic N) is 3. The van der Waals surface area contributed by atoms with Crippen molar-refractivity contribution < 1.29 is 14.4 Å². The van der Waals surface area contributed by atoms with E-state index in [1.807, 2.05) is 30.3 Å². The maximum absolute atomic E-state index is 13.0. The second-order valence-corrected chi connectivity index (χ2v) is 8.27. The summed E-state index contributed by atoms with van der Waals surface area (Å²) < 4.78 is 13.5. The van der Waals surface area contributed by atoms with Gasteiger partial charge in [0.1, 0.15) is 6.61 Å². The third-order valence-electron chi connectivity index (χ3n) is 5.15. The van der Waals surface area contributed by atoms with Gasteiger partial charge in [-0.25, -0.2) is 9.38 Å². The molecule has 0 atom stereocenters. The molecule has 0 amide bonds. The van der Waals surface area contributed by atoms with Crippen LogP contribution < -0.4 is 19.6 Å². The van der Waals surface area contributed by atoms with Crippen LogP contribution in [-0.2, 0) is 6.61 Å². The average molecular weight is 459 g/mol. The number of fused-ring (bicyclic) bond motifs is 3. The van der Waals surface area contributed by atoms with Gasteiger partial charge in [0.05, 0.1) is 27.6 Å². The molecular formula is C24H17N3O5S. The highest BCUT2D eigenvalue weighted by Crippen LogP contribution is 2.29.